The van der Waals surface area contributed by atoms with E-state index in [1.54, 1.807) is 42.9 Å². The number of aromatic nitrogens is 1. The molecule has 1 N–H and O–H groups in total. The Kier molecular flexibility index (Phi) is 3.25. The summed E-state index contributed by atoms with van der Waals surface area (Å²) in [5.74, 6) is 1.24. The zero-order valence-corrected chi connectivity index (χ0v) is 12.0. The van der Waals surface area contributed by atoms with E-state index in [4.69, 9.17) is 4.74 Å². The monoisotopic (exact) mass is 284 g/mol. The van der Waals surface area contributed by atoms with Crippen molar-refractivity contribution in [3.8, 4) is 5.75 Å². The van der Waals surface area contributed by atoms with Gasteiger partial charge in [-0.25, -0.2) is 0 Å². The molecule has 0 amide bonds. The molecule has 2 heterocycles. The molecule has 0 unspecified atom stereocenters. The molecule has 5 nitrogen and oxygen atoms in total. The molecular formula is C16H16N2O3. The number of rotatable bonds is 3. The first-order valence-electron chi connectivity index (χ1n) is 6.79. The van der Waals surface area contributed by atoms with Gasteiger partial charge in [0, 0.05) is 24.7 Å². The Bertz CT molecular complexity index is 760. The van der Waals surface area contributed by atoms with Gasteiger partial charge in [0.25, 0.3) is 5.56 Å². The second-order valence-electron chi connectivity index (χ2n) is 5.03. The van der Waals surface area contributed by atoms with E-state index < -0.39 is 0 Å². The van der Waals surface area contributed by atoms with Crippen molar-refractivity contribution in [3.63, 3.8) is 0 Å². The number of nitrogens with one attached hydrogen (secondary N) is 1. The van der Waals surface area contributed by atoms with Crippen LogP contribution in [0.25, 0.3) is 0 Å². The number of ether oxygens (including phenoxy) is 1. The molecule has 0 atom stereocenters. The number of carbonyl (C=O) groups is 1. The van der Waals surface area contributed by atoms with Gasteiger partial charge in [0.2, 0.25) is 0 Å². The molecule has 1 aromatic heterocycles. The van der Waals surface area contributed by atoms with E-state index in [1.807, 2.05) is 0 Å². The van der Waals surface area contributed by atoms with Crippen LogP contribution in [0.15, 0.2) is 35.1 Å². The molecule has 0 saturated carbocycles. The molecule has 0 radical (unpaired) electrons. The molecule has 5 heteroatoms. The van der Waals surface area contributed by atoms with Crippen LogP contribution in [0.2, 0.25) is 0 Å². The maximum atomic E-state index is 12.7. The summed E-state index contributed by atoms with van der Waals surface area (Å²) < 4.78 is 6.71. The zero-order chi connectivity index (χ0) is 15.0. The van der Waals surface area contributed by atoms with Gasteiger partial charge >= 0.3 is 0 Å². The second kappa shape index (κ2) is 5.09. The van der Waals surface area contributed by atoms with Crippen molar-refractivity contribution in [1.82, 2.24) is 4.57 Å². The fourth-order valence-corrected chi connectivity index (χ4v) is 2.63. The van der Waals surface area contributed by atoms with Gasteiger partial charge in [-0.2, -0.15) is 0 Å². The predicted molar refractivity (Wildman–Crippen MR) is 80.4 cm³/mol. The topological polar surface area (TPSA) is 60.3 Å². The highest BCUT2D eigenvalue weighted by atomic mass is 16.5. The average molecular weight is 284 g/mol. The Morgan fingerprint density at radius 3 is 2.67 bits per heavy atom. The number of hydrogen-bond donors (Lipinski definition) is 1. The molecule has 1 aliphatic rings. The van der Waals surface area contributed by atoms with E-state index in [0.29, 0.717) is 41.3 Å². The third kappa shape index (κ3) is 2.20. The molecule has 2 aromatic rings. The van der Waals surface area contributed by atoms with E-state index in [2.05, 4.69) is 5.32 Å². The van der Waals surface area contributed by atoms with Crippen LogP contribution in [0.5, 0.6) is 5.75 Å². The minimum atomic E-state index is -0.0895. The van der Waals surface area contributed by atoms with Crippen LogP contribution >= 0.6 is 0 Å². The lowest BCUT2D eigenvalue weighted by Gasteiger charge is -2.12. The van der Waals surface area contributed by atoms with Crippen molar-refractivity contribution in [2.75, 3.05) is 19.0 Å². The molecule has 0 bridgehead atoms. The van der Waals surface area contributed by atoms with Crippen molar-refractivity contribution in [3.05, 3.63) is 57.4 Å². The molecule has 1 aromatic carbocycles. The standard InChI is InChI=1S/C16H16N2O3/c1-10-9-13(19)18-8-7-17-16(18)14(10)15(20)11-3-5-12(21-2)6-4-11/h3-6,9,17H,7-8H2,1-2H3. The van der Waals surface area contributed by atoms with Crippen molar-refractivity contribution in [2.24, 2.45) is 0 Å². The molecule has 108 valence electrons. The molecule has 1 aliphatic heterocycles. The Balaban J connectivity index is 2.09. The Labute approximate surface area is 122 Å². The fraction of sp³-hybridized carbons (Fsp3) is 0.250. The largest absolute Gasteiger partial charge is 0.497 e. The third-order valence-corrected chi connectivity index (χ3v) is 3.71. The number of methoxy groups -OCH3 is 1. The Hall–Kier alpha value is -2.56. The van der Waals surface area contributed by atoms with Crippen LogP contribution in [-0.2, 0) is 6.54 Å². The molecule has 21 heavy (non-hydrogen) atoms. The van der Waals surface area contributed by atoms with Gasteiger partial charge in [-0.3, -0.25) is 14.2 Å². The number of carbonyl (C=O) groups excluding carboxylic acids is 1. The highest BCUT2D eigenvalue weighted by Gasteiger charge is 2.23. The Morgan fingerprint density at radius 1 is 1.29 bits per heavy atom. The minimum absolute atomic E-state index is 0.0706. The molecule has 3 rings (SSSR count). The first-order valence-corrected chi connectivity index (χ1v) is 6.79. The highest BCUT2D eigenvalue weighted by molar-refractivity contribution is 6.13. The number of aryl methyl sites for hydroxylation is 1. The number of benzene rings is 1. The number of pyridine rings is 1. The van der Waals surface area contributed by atoms with Crippen LogP contribution < -0.4 is 15.6 Å². The molecular weight excluding hydrogens is 268 g/mol. The smallest absolute Gasteiger partial charge is 0.252 e. The molecule has 0 saturated heterocycles. The number of anilines is 1. The van der Waals surface area contributed by atoms with Crippen LogP contribution in [0, 0.1) is 6.92 Å². The quantitative estimate of drug-likeness (QED) is 0.873. The summed E-state index contributed by atoms with van der Waals surface area (Å²) in [6, 6.07) is 8.50. The van der Waals surface area contributed by atoms with Gasteiger partial charge in [0.05, 0.1) is 12.7 Å². The van der Waals surface area contributed by atoms with E-state index in [0.717, 1.165) is 0 Å². The number of hydrogen-bond acceptors (Lipinski definition) is 4. The van der Waals surface area contributed by atoms with E-state index in [9.17, 15) is 9.59 Å². The summed E-state index contributed by atoms with van der Waals surface area (Å²) in [5.41, 5.74) is 1.77. The van der Waals surface area contributed by atoms with Crippen LogP contribution in [0.3, 0.4) is 0 Å². The maximum absolute atomic E-state index is 12.7. The second-order valence-corrected chi connectivity index (χ2v) is 5.03. The van der Waals surface area contributed by atoms with Crippen molar-refractivity contribution < 1.29 is 9.53 Å². The van der Waals surface area contributed by atoms with Gasteiger partial charge in [0.1, 0.15) is 11.6 Å². The predicted octanol–water partition coefficient (Wildman–Crippen LogP) is 1.82. The van der Waals surface area contributed by atoms with Gasteiger partial charge in [-0.1, -0.05) is 0 Å². The van der Waals surface area contributed by atoms with Gasteiger partial charge in [-0.05, 0) is 36.8 Å². The van der Waals surface area contributed by atoms with Gasteiger partial charge in [0.15, 0.2) is 5.78 Å². The Morgan fingerprint density at radius 2 is 2.00 bits per heavy atom. The van der Waals surface area contributed by atoms with Crippen LogP contribution in [0.4, 0.5) is 5.82 Å². The summed E-state index contributed by atoms with van der Waals surface area (Å²) in [6.45, 7) is 3.05. The maximum Gasteiger partial charge on any atom is 0.252 e. The summed E-state index contributed by atoms with van der Waals surface area (Å²) in [6.07, 6.45) is 0. The van der Waals surface area contributed by atoms with Crippen LogP contribution in [0.1, 0.15) is 21.5 Å². The minimum Gasteiger partial charge on any atom is -0.497 e. The molecule has 0 spiro atoms. The van der Waals surface area contributed by atoms with Crippen molar-refractivity contribution in [2.45, 2.75) is 13.5 Å². The number of nitrogens with zero attached hydrogens (tertiary/aromatic N) is 1. The fourth-order valence-electron chi connectivity index (χ4n) is 2.63. The summed E-state index contributed by atoms with van der Waals surface area (Å²) >= 11 is 0. The van der Waals surface area contributed by atoms with Crippen molar-refractivity contribution in [1.29, 1.82) is 0 Å². The highest BCUT2D eigenvalue weighted by Crippen LogP contribution is 2.25. The lowest BCUT2D eigenvalue weighted by molar-refractivity contribution is 0.103. The van der Waals surface area contributed by atoms with E-state index >= 15 is 0 Å². The normalized spacial score (nSPS) is 12.7. The van der Waals surface area contributed by atoms with E-state index in [-0.39, 0.29) is 11.3 Å². The van der Waals surface area contributed by atoms with Gasteiger partial charge in [-0.15, -0.1) is 0 Å². The van der Waals surface area contributed by atoms with Crippen LogP contribution in [-0.4, -0.2) is 24.0 Å². The van der Waals surface area contributed by atoms with E-state index in [1.165, 1.54) is 6.07 Å². The summed E-state index contributed by atoms with van der Waals surface area (Å²) in [5, 5.41) is 3.14. The number of fused-ring (bicyclic) bond motifs is 1. The van der Waals surface area contributed by atoms with Gasteiger partial charge < -0.3 is 10.1 Å². The average Bonchev–Trinajstić information content (AvgIpc) is 2.97. The van der Waals surface area contributed by atoms with Crippen molar-refractivity contribution >= 4 is 11.6 Å². The first-order chi connectivity index (χ1) is 10.1. The first kappa shape index (κ1) is 13.4. The zero-order valence-electron chi connectivity index (χ0n) is 12.0. The lowest BCUT2D eigenvalue weighted by atomic mass is 9.99. The number of ketones is 1. The lowest BCUT2D eigenvalue weighted by Crippen LogP contribution is -2.21. The summed E-state index contributed by atoms with van der Waals surface area (Å²) in [4.78, 5) is 24.7. The third-order valence-electron chi connectivity index (χ3n) is 3.71. The molecule has 0 aliphatic carbocycles. The molecule has 0 fully saturated rings. The SMILES string of the molecule is COc1ccc(C(=O)c2c(C)cc(=O)n3c2NCC3)cc1. The summed E-state index contributed by atoms with van der Waals surface area (Å²) in [7, 11) is 1.58.